The summed E-state index contributed by atoms with van der Waals surface area (Å²) in [6, 6.07) is 0. The molecule has 1 unspecified atom stereocenters. The van der Waals surface area contributed by atoms with Crippen LogP contribution in [0.2, 0.25) is 0 Å². The summed E-state index contributed by atoms with van der Waals surface area (Å²) in [7, 11) is 0. The Balaban J connectivity index is 1.86. The number of hydrogen-bond acceptors (Lipinski definition) is 5. The number of nitrogens with zero attached hydrogens (tertiary/aromatic N) is 1. The third kappa shape index (κ3) is 4.24. The second-order valence-electron chi connectivity index (χ2n) is 5.78. The smallest absolute Gasteiger partial charge is 0.306 e. The van der Waals surface area contributed by atoms with Crippen LogP contribution in [0.15, 0.2) is 12.2 Å². The highest BCUT2D eigenvalue weighted by Crippen LogP contribution is 2.18. The number of nitrogens with one attached hydrogen (secondary N) is 3. The summed E-state index contributed by atoms with van der Waals surface area (Å²) in [6.07, 6.45) is 4.38. The van der Waals surface area contributed by atoms with Crippen molar-refractivity contribution in [2.75, 3.05) is 13.1 Å². The van der Waals surface area contributed by atoms with Gasteiger partial charge in [-0.3, -0.25) is 25.1 Å². The molecule has 0 aromatic heterocycles. The van der Waals surface area contributed by atoms with Gasteiger partial charge in [0.05, 0.1) is 11.8 Å². The number of carbonyl (C=O) groups excluding carboxylic acids is 2. The Hall–Kier alpha value is -2.51. The third-order valence-corrected chi connectivity index (χ3v) is 4.22. The molecule has 2 aliphatic heterocycles. The average Bonchev–Trinajstić information content (AvgIpc) is 2.52. The zero-order valence-corrected chi connectivity index (χ0v) is 12.7. The van der Waals surface area contributed by atoms with Crippen LogP contribution in [0, 0.1) is 22.7 Å². The summed E-state index contributed by atoms with van der Waals surface area (Å²) in [6.45, 7) is 0.984. The van der Waals surface area contributed by atoms with E-state index < -0.39 is 17.8 Å². The first kappa shape index (κ1) is 16.9. The fourth-order valence-electron chi connectivity index (χ4n) is 2.75. The van der Waals surface area contributed by atoms with Crippen molar-refractivity contribution in [1.29, 1.82) is 10.8 Å². The van der Waals surface area contributed by atoms with Crippen molar-refractivity contribution in [3.63, 3.8) is 0 Å². The summed E-state index contributed by atoms with van der Waals surface area (Å²) in [5.74, 6) is -2.40. The molecule has 2 rings (SSSR count). The maximum atomic E-state index is 11.7. The predicted molar refractivity (Wildman–Crippen MR) is 82.4 cm³/mol. The highest BCUT2D eigenvalue weighted by atomic mass is 16.4. The largest absolute Gasteiger partial charge is 0.481 e. The number of amides is 2. The van der Waals surface area contributed by atoms with Crippen LogP contribution >= 0.6 is 0 Å². The van der Waals surface area contributed by atoms with Crippen LogP contribution in [0.3, 0.4) is 0 Å². The van der Waals surface area contributed by atoms with E-state index in [4.69, 9.17) is 15.9 Å². The number of aliphatic carboxylic acids is 1. The number of amidine groups is 1. The summed E-state index contributed by atoms with van der Waals surface area (Å²) in [4.78, 5) is 35.4. The molecule has 0 aromatic carbocycles. The second-order valence-corrected chi connectivity index (χ2v) is 5.78. The lowest BCUT2D eigenvalue weighted by molar-refractivity contribution is -0.143. The van der Waals surface area contributed by atoms with Crippen LogP contribution < -0.4 is 5.32 Å². The van der Waals surface area contributed by atoms with E-state index in [1.165, 1.54) is 12.2 Å². The van der Waals surface area contributed by atoms with Gasteiger partial charge in [0, 0.05) is 25.2 Å². The molecule has 0 aromatic rings. The Morgan fingerprint density at radius 1 is 1.17 bits per heavy atom. The van der Waals surface area contributed by atoms with Gasteiger partial charge < -0.3 is 15.4 Å². The Kier molecular flexibility index (Phi) is 5.25. The molecule has 0 radical (unpaired) electrons. The molecule has 124 valence electrons. The zero-order chi connectivity index (χ0) is 17.0. The average molecular weight is 320 g/mol. The lowest BCUT2D eigenvalue weighted by atomic mass is 9.93. The van der Waals surface area contributed by atoms with Crippen LogP contribution in [0.25, 0.3) is 0 Å². The number of carboxylic acids is 1. The number of imide groups is 1. The van der Waals surface area contributed by atoms with E-state index in [9.17, 15) is 14.4 Å². The first-order valence-electron chi connectivity index (χ1n) is 7.55. The molecular formula is C15H20N4O4. The fraction of sp³-hybridized carbons (Fsp3) is 0.533. The van der Waals surface area contributed by atoms with Gasteiger partial charge in [-0.15, -0.1) is 0 Å². The maximum absolute atomic E-state index is 11.7. The molecule has 0 saturated carbocycles. The first-order valence-corrected chi connectivity index (χ1v) is 7.55. The zero-order valence-electron chi connectivity index (χ0n) is 12.7. The number of rotatable bonds is 4. The van der Waals surface area contributed by atoms with Gasteiger partial charge in [-0.2, -0.15) is 0 Å². The van der Waals surface area contributed by atoms with Crippen LogP contribution in [0.4, 0.5) is 0 Å². The Labute approximate surface area is 133 Å². The lowest BCUT2D eigenvalue weighted by Gasteiger charge is -2.31. The molecule has 2 amide bonds. The minimum atomic E-state index is -0.800. The Morgan fingerprint density at radius 3 is 2.39 bits per heavy atom. The van der Waals surface area contributed by atoms with E-state index in [0.29, 0.717) is 32.4 Å². The van der Waals surface area contributed by atoms with Crippen LogP contribution in [-0.4, -0.2) is 52.4 Å². The molecular weight excluding hydrogens is 300 g/mol. The maximum Gasteiger partial charge on any atom is 0.306 e. The van der Waals surface area contributed by atoms with Crippen LogP contribution in [-0.2, 0) is 14.4 Å². The molecule has 2 saturated heterocycles. The monoisotopic (exact) mass is 320 g/mol. The van der Waals surface area contributed by atoms with Crippen molar-refractivity contribution in [2.45, 2.75) is 25.7 Å². The van der Waals surface area contributed by atoms with Crippen molar-refractivity contribution < 1.29 is 19.5 Å². The SMILES string of the molecule is N=C(/C=C\C(=N)N1CCC(C(=O)O)CC1)C1CCC(=O)NC1=O. The number of piperidine rings is 2. The highest BCUT2D eigenvalue weighted by molar-refractivity contribution is 6.14. The van der Waals surface area contributed by atoms with E-state index in [1.54, 1.807) is 4.90 Å². The second kappa shape index (κ2) is 7.17. The third-order valence-electron chi connectivity index (χ3n) is 4.22. The summed E-state index contributed by atoms with van der Waals surface area (Å²) < 4.78 is 0. The molecule has 0 aliphatic carbocycles. The molecule has 2 fully saturated rings. The Bertz CT molecular complexity index is 576. The molecule has 2 heterocycles. The van der Waals surface area contributed by atoms with Gasteiger partial charge in [0.25, 0.3) is 0 Å². The van der Waals surface area contributed by atoms with Gasteiger partial charge in [0.15, 0.2) is 0 Å². The first-order chi connectivity index (χ1) is 10.9. The van der Waals surface area contributed by atoms with Crippen molar-refractivity contribution in [1.82, 2.24) is 10.2 Å². The van der Waals surface area contributed by atoms with Crippen molar-refractivity contribution in [3.05, 3.63) is 12.2 Å². The van der Waals surface area contributed by atoms with E-state index in [-0.39, 0.29) is 29.8 Å². The molecule has 2 aliphatic rings. The lowest BCUT2D eigenvalue weighted by Crippen LogP contribution is -2.43. The minimum Gasteiger partial charge on any atom is -0.481 e. The molecule has 4 N–H and O–H groups in total. The number of carbonyl (C=O) groups is 3. The topological polar surface area (TPSA) is 134 Å². The van der Waals surface area contributed by atoms with E-state index in [2.05, 4.69) is 5.32 Å². The van der Waals surface area contributed by atoms with Crippen LogP contribution in [0.1, 0.15) is 25.7 Å². The quantitative estimate of drug-likeness (QED) is 0.338. The molecule has 0 bridgehead atoms. The van der Waals surface area contributed by atoms with Gasteiger partial charge in [-0.05, 0) is 31.4 Å². The number of carboxylic acid groups (broad SMARTS) is 1. The van der Waals surface area contributed by atoms with Gasteiger partial charge >= 0.3 is 5.97 Å². The fourth-order valence-corrected chi connectivity index (χ4v) is 2.75. The van der Waals surface area contributed by atoms with E-state index in [1.807, 2.05) is 0 Å². The van der Waals surface area contributed by atoms with Gasteiger partial charge in [0.1, 0.15) is 5.84 Å². The van der Waals surface area contributed by atoms with Gasteiger partial charge in [-0.1, -0.05) is 0 Å². The van der Waals surface area contributed by atoms with Crippen molar-refractivity contribution >= 4 is 29.3 Å². The Morgan fingerprint density at radius 2 is 1.83 bits per heavy atom. The summed E-state index contributed by atoms with van der Waals surface area (Å²) in [5, 5.41) is 27.1. The van der Waals surface area contributed by atoms with Crippen LogP contribution in [0.5, 0.6) is 0 Å². The summed E-state index contributed by atoms with van der Waals surface area (Å²) in [5.41, 5.74) is 0.0696. The standard InChI is InChI=1S/C15H20N4O4/c16-11(10-1-4-13(20)18-14(10)21)2-3-12(17)19-7-5-9(6-8-19)15(22)23/h2-3,9-10,16-17H,1,4-8H2,(H,22,23)(H,18,20,21)/b3-2-,16-11?,17-12?. The van der Waals surface area contributed by atoms with E-state index >= 15 is 0 Å². The number of likely N-dealkylation sites (tertiary alicyclic amines) is 1. The minimum absolute atomic E-state index is 0.0696. The molecule has 8 heteroatoms. The molecule has 1 atom stereocenters. The van der Waals surface area contributed by atoms with Gasteiger partial charge in [-0.25, -0.2) is 0 Å². The normalized spacial score (nSPS) is 23.0. The number of allylic oxidation sites excluding steroid dienone is 1. The molecule has 8 nitrogen and oxygen atoms in total. The van der Waals surface area contributed by atoms with Crippen molar-refractivity contribution in [3.8, 4) is 0 Å². The molecule has 23 heavy (non-hydrogen) atoms. The van der Waals surface area contributed by atoms with Crippen molar-refractivity contribution in [2.24, 2.45) is 11.8 Å². The highest BCUT2D eigenvalue weighted by Gasteiger charge is 2.29. The van der Waals surface area contributed by atoms with Gasteiger partial charge in [0.2, 0.25) is 11.8 Å². The van der Waals surface area contributed by atoms with E-state index in [0.717, 1.165) is 0 Å². The number of hydrogen-bond donors (Lipinski definition) is 4. The molecule has 0 spiro atoms. The predicted octanol–water partition coefficient (Wildman–Crippen LogP) is 0.389. The summed E-state index contributed by atoms with van der Waals surface area (Å²) >= 11 is 0.